The van der Waals surface area contributed by atoms with Gasteiger partial charge in [0.1, 0.15) is 13.2 Å². The maximum atomic E-state index is 12.5. The van der Waals surface area contributed by atoms with Gasteiger partial charge in [0.25, 0.3) is 0 Å². The van der Waals surface area contributed by atoms with Crippen molar-refractivity contribution in [2.45, 2.75) is 19.4 Å². The minimum Gasteiger partial charge on any atom is -0.444 e. The number of hydrogen-bond acceptors (Lipinski definition) is 6. The first-order valence-corrected chi connectivity index (χ1v) is 13.2. The van der Waals surface area contributed by atoms with Crippen molar-refractivity contribution in [3.05, 3.63) is 120 Å². The quantitative estimate of drug-likeness (QED) is 0.192. The standard InChI is InChI=1S/C17H15F3N2O3.C15H16N2O2/c1-22(15(23)17(18,19)20)14-9-5-8-13(10-14)21-16(24)25-11-12-6-3-2-4-7-12;1-16-13-8-5-9-14(10-13)17-15(18)19-11-12-6-3-2-4-7-12/h2-10H,11H2,1H3,(H,21,24);2-10,16H,11H2,1H3,(H,17,18). The fourth-order valence-electron chi connectivity index (χ4n) is 3.61. The molecule has 0 aliphatic carbocycles. The third kappa shape index (κ3) is 11.0. The predicted octanol–water partition coefficient (Wildman–Crippen LogP) is 7.44. The van der Waals surface area contributed by atoms with Crippen LogP contribution in [-0.2, 0) is 27.5 Å². The van der Waals surface area contributed by atoms with Crippen molar-refractivity contribution in [2.75, 3.05) is 34.9 Å². The highest BCUT2D eigenvalue weighted by Gasteiger charge is 2.41. The molecule has 0 radical (unpaired) electrons. The predicted molar refractivity (Wildman–Crippen MR) is 162 cm³/mol. The lowest BCUT2D eigenvalue weighted by atomic mass is 10.2. The number of rotatable bonds is 8. The van der Waals surface area contributed by atoms with Gasteiger partial charge in [0, 0.05) is 36.8 Å². The number of amides is 3. The van der Waals surface area contributed by atoms with Gasteiger partial charge in [-0.05, 0) is 47.5 Å². The molecule has 3 amide bonds. The van der Waals surface area contributed by atoms with Crippen LogP contribution >= 0.6 is 0 Å². The summed E-state index contributed by atoms with van der Waals surface area (Å²) in [6.45, 7) is 0.317. The summed E-state index contributed by atoms with van der Waals surface area (Å²) in [6, 6.07) is 31.4. The van der Waals surface area contributed by atoms with Crippen LogP contribution in [0, 0.1) is 0 Å². The molecule has 0 spiro atoms. The molecule has 0 aliphatic rings. The molecule has 0 fully saturated rings. The highest BCUT2D eigenvalue weighted by Crippen LogP contribution is 2.24. The zero-order valence-electron chi connectivity index (χ0n) is 23.9. The number of carbonyl (C=O) groups excluding carboxylic acids is 3. The summed E-state index contributed by atoms with van der Waals surface area (Å²) < 4.78 is 47.6. The molecule has 0 saturated carbocycles. The second kappa shape index (κ2) is 16.2. The molecule has 0 heterocycles. The summed E-state index contributed by atoms with van der Waals surface area (Å²) in [7, 11) is 2.83. The molecule has 3 N–H and O–H groups in total. The summed E-state index contributed by atoms with van der Waals surface area (Å²) in [5.74, 6) is -2.00. The number of carbonyl (C=O) groups is 3. The van der Waals surface area contributed by atoms with Crippen LogP contribution in [-0.4, -0.2) is 38.4 Å². The van der Waals surface area contributed by atoms with Crippen molar-refractivity contribution in [1.29, 1.82) is 0 Å². The SMILES string of the molecule is CN(C(=O)C(F)(F)F)c1cccc(NC(=O)OCc2ccccc2)c1.CNc1cccc(NC(=O)OCc2ccccc2)c1. The molecule has 4 aromatic rings. The van der Waals surface area contributed by atoms with Crippen LogP contribution in [0.3, 0.4) is 0 Å². The van der Waals surface area contributed by atoms with E-state index in [1.54, 1.807) is 24.3 Å². The number of alkyl halides is 3. The third-order valence-electron chi connectivity index (χ3n) is 5.85. The summed E-state index contributed by atoms with van der Waals surface area (Å²) >= 11 is 0. The normalized spacial score (nSPS) is 10.4. The zero-order chi connectivity index (χ0) is 32.0. The Morgan fingerprint density at radius 3 is 1.59 bits per heavy atom. The van der Waals surface area contributed by atoms with Crippen LogP contribution in [0.2, 0.25) is 0 Å². The Balaban J connectivity index is 0.000000249. The Bertz CT molecular complexity index is 1520. The first-order chi connectivity index (χ1) is 21.0. The number of nitrogens with one attached hydrogen (secondary N) is 3. The van der Waals surface area contributed by atoms with Gasteiger partial charge >= 0.3 is 24.3 Å². The van der Waals surface area contributed by atoms with E-state index < -0.39 is 24.3 Å². The van der Waals surface area contributed by atoms with E-state index in [2.05, 4.69) is 16.0 Å². The lowest BCUT2D eigenvalue weighted by Crippen LogP contribution is -2.38. The average Bonchev–Trinajstić information content (AvgIpc) is 3.03. The third-order valence-corrected chi connectivity index (χ3v) is 5.85. The highest BCUT2D eigenvalue weighted by atomic mass is 19.4. The Labute approximate surface area is 252 Å². The van der Waals surface area contributed by atoms with Gasteiger partial charge in [-0.15, -0.1) is 0 Å². The maximum absolute atomic E-state index is 12.5. The average molecular weight is 609 g/mol. The largest absolute Gasteiger partial charge is 0.471 e. The molecule has 0 atom stereocenters. The van der Waals surface area contributed by atoms with Crippen LogP contribution in [0.25, 0.3) is 0 Å². The summed E-state index contributed by atoms with van der Waals surface area (Å²) in [4.78, 5) is 35.1. The number of ether oxygens (including phenoxy) is 2. The molecule has 12 heteroatoms. The van der Waals surface area contributed by atoms with E-state index in [0.29, 0.717) is 10.6 Å². The number of anilines is 4. The van der Waals surface area contributed by atoms with Gasteiger partial charge in [0.05, 0.1) is 0 Å². The van der Waals surface area contributed by atoms with Gasteiger partial charge in [-0.25, -0.2) is 9.59 Å². The van der Waals surface area contributed by atoms with Gasteiger partial charge in [0.15, 0.2) is 0 Å². The minimum atomic E-state index is -4.98. The Morgan fingerprint density at radius 1 is 0.659 bits per heavy atom. The van der Waals surface area contributed by atoms with E-state index in [1.807, 2.05) is 67.7 Å². The lowest BCUT2D eigenvalue weighted by molar-refractivity contribution is -0.170. The minimum absolute atomic E-state index is 0.0109. The molecule has 0 aliphatic heterocycles. The van der Waals surface area contributed by atoms with E-state index in [9.17, 15) is 27.6 Å². The van der Waals surface area contributed by atoms with Gasteiger partial charge < -0.3 is 19.7 Å². The van der Waals surface area contributed by atoms with E-state index in [-0.39, 0.29) is 24.6 Å². The number of halogens is 3. The van der Waals surface area contributed by atoms with E-state index in [0.717, 1.165) is 23.9 Å². The number of nitrogens with zero attached hydrogens (tertiary/aromatic N) is 1. The van der Waals surface area contributed by atoms with E-state index in [4.69, 9.17) is 9.47 Å². The molecule has 0 unspecified atom stereocenters. The summed E-state index contributed by atoms with van der Waals surface area (Å²) in [5.41, 5.74) is 3.58. The number of hydrogen-bond donors (Lipinski definition) is 3. The van der Waals surface area contributed by atoms with E-state index in [1.165, 1.54) is 24.3 Å². The summed E-state index contributed by atoms with van der Waals surface area (Å²) in [6.07, 6.45) is -6.20. The van der Waals surface area contributed by atoms with Crippen molar-refractivity contribution in [2.24, 2.45) is 0 Å². The van der Waals surface area contributed by atoms with Gasteiger partial charge in [-0.3, -0.25) is 15.4 Å². The Morgan fingerprint density at radius 2 is 1.11 bits per heavy atom. The topological polar surface area (TPSA) is 109 Å². The molecular formula is C32H31F3N4O5. The fraction of sp³-hybridized carbons (Fsp3) is 0.156. The van der Waals surface area contributed by atoms with Crippen LogP contribution < -0.4 is 20.9 Å². The van der Waals surface area contributed by atoms with Crippen LogP contribution in [0.1, 0.15) is 11.1 Å². The van der Waals surface area contributed by atoms with Gasteiger partial charge in [-0.2, -0.15) is 13.2 Å². The van der Waals surface area contributed by atoms with Crippen molar-refractivity contribution in [1.82, 2.24) is 0 Å². The van der Waals surface area contributed by atoms with Gasteiger partial charge in [0.2, 0.25) is 0 Å². The van der Waals surface area contributed by atoms with Crippen molar-refractivity contribution in [3.8, 4) is 0 Å². The molecule has 230 valence electrons. The molecular weight excluding hydrogens is 577 g/mol. The monoisotopic (exact) mass is 608 g/mol. The molecule has 4 rings (SSSR count). The fourth-order valence-corrected chi connectivity index (χ4v) is 3.61. The van der Waals surface area contributed by atoms with Crippen LogP contribution in [0.15, 0.2) is 109 Å². The maximum Gasteiger partial charge on any atom is 0.471 e. The molecule has 44 heavy (non-hydrogen) atoms. The molecule has 4 aromatic carbocycles. The first kappa shape index (κ1) is 33.0. The molecule has 0 bridgehead atoms. The highest BCUT2D eigenvalue weighted by molar-refractivity contribution is 5.97. The zero-order valence-corrected chi connectivity index (χ0v) is 23.9. The number of benzene rings is 4. The van der Waals surface area contributed by atoms with Crippen molar-refractivity contribution in [3.63, 3.8) is 0 Å². The molecule has 9 nitrogen and oxygen atoms in total. The lowest BCUT2D eigenvalue weighted by Gasteiger charge is -2.19. The molecule has 0 aromatic heterocycles. The van der Waals surface area contributed by atoms with Gasteiger partial charge in [-0.1, -0.05) is 72.8 Å². The van der Waals surface area contributed by atoms with E-state index >= 15 is 0 Å². The smallest absolute Gasteiger partial charge is 0.444 e. The second-order valence-electron chi connectivity index (χ2n) is 9.12. The first-order valence-electron chi connectivity index (χ1n) is 13.2. The summed E-state index contributed by atoms with van der Waals surface area (Å²) in [5, 5.41) is 8.10. The molecule has 0 saturated heterocycles. The Hall–Kier alpha value is -5.52. The van der Waals surface area contributed by atoms with Crippen molar-refractivity contribution >= 4 is 40.8 Å². The van der Waals surface area contributed by atoms with Crippen LogP contribution in [0.4, 0.5) is 45.5 Å². The van der Waals surface area contributed by atoms with Crippen molar-refractivity contribution < 1.29 is 37.0 Å². The second-order valence-corrected chi connectivity index (χ2v) is 9.12. The van der Waals surface area contributed by atoms with Crippen LogP contribution in [0.5, 0.6) is 0 Å². The Kier molecular flexibility index (Phi) is 12.1.